The standard InChI is InChI=1S/C10H18O2/c1-2-10(4-3-7-11)5-8-12-9-6-10/h3-4,11H,2,5-9H2,1H3. The first-order chi connectivity index (χ1) is 5.83. The fraction of sp³-hybridized carbons (Fsp3) is 0.800. The van der Waals surface area contributed by atoms with Crippen LogP contribution < -0.4 is 0 Å². The Labute approximate surface area is 74.2 Å². The number of rotatable bonds is 3. The molecule has 1 heterocycles. The number of hydrogen-bond acceptors (Lipinski definition) is 2. The zero-order valence-electron chi connectivity index (χ0n) is 7.75. The lowest BCUT2D eigenvalue weighted by Crippen LogP contribution is -2.26. The van der Waals surface area contributed by atoms with Crippen LogP contribution in [0.15, 0.2) is 12.2 Å². The molecule has 0 aliphatic carbocycles. The van der Waals surface area contributed by atoms with Gasteiger partial charge in [-0.1, -0.05) is 19.1 Å². The maximum atomic E-state index is 8.69. The third-order valence-corrected chi connectivity index (χ3v) is 2.77. The van der Waals surface area contributed by atoms with Crippen LogP contribution in [0.5, 0.6) is 0 Å². The third-order valence-electron chi connectivity index (χ3n) is 2.77. The van der Waals surface area contributed by atoms with Gasteiger partial charge in [0.2, 0.25) is 0 Å². The largest absolute Gasteiger partial charge is 0.392 e. The first kappa shape index (κ1) is 9.75. The highest BCUT2D eigenvalue weighted by Gasteiger charge is 2.27. The molecule has 1 fully saturated rings. The van der Waals surface area contributed by atoms with Gasteiger partial charge in [0.1, 0.15) is 0 Å². The van der Waals surface area contributed by atoms with E-state index in [1.54, 1.807) is 0 Å². The molecule has 1 rings (SSSR count). The summed E-state index contributed by atoms with van der Waals surface area (Å²) in [5.74, 6) is 0. The summed E-state index contributed by atoms with van der Waals surface area (Å²) < 4.78 is 5.31. The van der Waals surface area contributed by atoms with Gasteiger partial charge < -0.3 is 9.84 Å². The van der Waals surface area contributed by atoms with E-state index in [1.165, 1.54) is 0 Å². The Morgan fingerprint density at radius 2 is 2.08 bits per heavy atom. The van der Waals surface area contributed by atoms with Gasteiger partial charge in [-0.25, -0.2) is 0 Å². The molecule has 1 saturated heterocycles. The molecule has 0 unspecified atom stereocenters. The van der Waals surface area contributed by atoms with Crippen molar-refractivity contribution in [3.05, 3.63) is 12.2 Å². The number of aliphatic hydroxyl groups is 1. The van der Waals surface area contributed by atoms with Crippen molar-refractivity contribution < 1.29 is 9.84 Å². The second-order valence-corrected chi connectivity index (χ2v) is 3.41. The van der Waals surface area contributed by atoms with E-state index in [-0.39, 0.29) is 6.61 Å². The summed E-state index contributed by atoms with van der Waals surface area (Å²) in [6, 6.07) is 0. The van der Waals surface area contributed by atoms with E-state index in [2.05, 4.69) is 13.0 Å². The average molecular weight is 170 g/mol. The van der Waals surface area contributed by atoms with Crippen LogP contribution in [0.2, 0.25) is 0 Å². The molecule has 2 heteroatoms. The van der Waals surface area contributed by atoms with E-state index in [4.69, 9.17) is 9.84 Å². The fourth-order valence-corrected chi connectivity index (χ4v) is 1.72. The molecule has 0 aromatic rings. The topological polar surface area (TPSA) is 29.5 Å². The minimum Gasteiger partial charge on any atom is -0.392 e. The van der Waals surface area contributed by atoms with E-state index in [1.807, 2.05) is 6.08 Å². The molecular weight excluding hydrogens is 152 g/mol. The van der Waals surface area contributed by atoms with Gasteiger partial charge in [0.15, 0.2) is 0 Å². The Balaban J connectivity index is 2.53. The van der Waals surface area contributed by atoms with Gasteiger partial charge in [-0.05, 0) is 24.7 Å². The van der Waals surface area contributed by atoms with Crippen LogP contribution in [0.3, 0.4) is 0 Å². The van der Waals surface area contributed by atoms with Crippen LogP contribution >= 0.6 is 0 Å². The number of hydrogen-bond donors (Lipinski definition) is 1. The van der Waals surface area contributed by atoms with Crippen molar-refractivity contribution >= 4 is 0 Å². The van der Waals surface area contributed by atoms with Crippen molar-refractivity contribution in [2.24, 2.45) is 5.41 Å². The summed E-state index contributed by atoms with van der Waals surface area (Å²) >= 11 is 0. The molecule has 1 N–H and O–H groups in total. The third kappa shape index (κ3) is 2.32. The Hall–Kier alpha value is -0.340. The van der Waals surface area contributed by atoms with Crippen molar-refractivity contribution in [1.82, 2.24) is 0 Å². The second kappa shape index (κ2) is 4.63. The van der Waals surface area contributed by atoms with Crippen molar-refractivity contribution in [2.75, 3.05) is 19.8 Å². The summed E-state index contributed by atoms with van der Waals surface area (Å²) in [6.07, 6.45) is 7.36. The SMILES string of the molecule is CCC1(C=CCO)CCOCC1. The minimum atomic E-state index is 0.155. The zero-order chi connectivity index (χ0) is 8.86. The van der Waals surface area contributed by atoms with Crippen molar-refractivity contribution in [3.8, 4) is 0 Å². The molecule has 12 heavy (non-hydrogen) atoms. The number of aliphatic hydroxyl groups excluding tert-OH is 1. The number of ether oxygens (including phenoxy) is 1. The lowest BCUT2D eigenvalue weighted by atomic mass is 9.78. The Kier molecular flexibility index (Phi) is 3.76. The van der Waals surface area contributed by atoms with Crippen LogP contribution in [0, 0.1) is 5.41 Å². The van der Waals surface area contributed by atoms with Crippen LogP contribution in [-0.4, -0.2) is 24.9 Å². The van der Waals surface area contributed by atoms with E-state index >= 15 is 0 Å². The predicted molar refractivity (Wildman–Crippen MR) is 49.0 cm³/mol. The monoisotopic (exact) mass is 170 g/mol. The summed E-state index contributed by atoms with van der Waals surface area (Å²) in [5, 5.41) is 8.69. The highest BCUT2D eigenvalue weighted by atomic mass is 16.5. The fourth-order valence-electron chi connectivity index (χ4n) is 1.72. The van der Waals surface area contributed by atoms with Crippen LogP contribution in [0.25, 0.3) is 0 Å². The van der Waals surface area contributed by atoms with Crippen LogP contribution in [0.4, 0.5) is 0 Å². The van der Waals surface area contributed by atoms with E-state index < -0.39 is 0 Å². The smallest absolute Gasteiger partial charge is 0.0612 e. The lowest BCUT2D eigenvalue weighted by Gasteiger charge is -2.33. The molecule has 0 atom stereocenters. The second-order valence-electron chi connectivity index (χ2n) is 3.41. The highest BCUT2D eigenvalue weighted by molar-refractivity contribution is 5.00. The lowest BCUT2D eigenvalue weighted by molar-refractivity contribution is 0.0354. The van der Waals surface area contributed by atoms with Gasteiger partial charge in [-0.2, -0.15) is 0 Å². The van der Waals surface area contributed by atoms with Gasteiger partial charge in [0.25, 0.3) is 0 Å². The van der Waals surface area contributed by atoms with Crippen molar-refractivity contribution in [2.45, 2.75) is 26.2 Å². The molecule has 0 aromatic heterocycles. The van der Waals surface area contributed by atoms with Crippen LogP contribution in [-0.2, 0) is 4.74 Å². The molecule has 0 aromatic carbocycles. The summed E-state index contributed by atoms with van der Waals surface area (Å²) in [6.45, 7) is 4.09. The highest BCUT2D eigenvalue weighted by Crippen LogP contribution is 2.35. The molecule has 0 saturated carbocycles. The Morgan fingerprint density at radius 1 is 1.42 bits per heavy atom. The summed E-state index contributed by atoms with van der Waals surface area (Å²) in [5.41, 5.74) is 0.307. The Bertz CT molecular complexity index is 146. The Morgan fingerprint density at radius 3 is 2.58 bits per heavy atom. The molecule has 0 amide bonds. The molecule has 70 valence electrons. The maximum Gasteiger partial charge on any atom is 0.0612 e. The van der Waals surface area contributed by atoms with Gasteiger partial charge in [0, 0.05) is 13.2 Å². The van der Waals surface area contributed by atoms with Crippen LogP contribution in [0.1, 0.15) is 26.2 Å². The number of allylic oxidation sites excluding steroid dienone is 1. The molecule has 1 aliphatic rings. The molecule has 1 aliphatic heterocycles. The normalized spacial score (nSPS) is 23.2. The zero-order valence-corrected chi connectivity index (χ0v) is 7.75. The molecule has 2 nitrogen and oxygen atoms in total. The van der Waals surface area contributed by atoms with Gasteiger partial charge in [-0.15, -0.1) is 0 Å². The molecule has 0 spiro atoms. The summed E-state index contributed by atoms with van der Waals surface area (Å²) in [4.78, 5) is 0. The quantitative estimate of drug-likeness (QED) is 0.654. The maximum absolute atomic E-state index is 8.69. The first-order valence-electron chi connectivity index (χ1n) is 4.69. The van der Waals surface area contributed by atoms with Gasteiger partial charge in [0.05, 0.1) is 6.61 Å². The predicted octanol–water partition coefficient (Wildman–Crippen LogP) is 1.74. The minimum absolute atomic E-state index is 0.155. The average Bonchev–Trinajstić information content (AvgIpc) is 2.16. The van der Waals surface area contributed by atoms with Gasteiger partial charge in [-0.3, -0.25) is 0 Å². The van der Waals surface area contributed by atoms with E-state index in [0.29, 0.717) is 5.41 Å². The first-order valence-corrected chi connectivity index (χ1v) is 4.69. The molecule has 0 bridgehead atoms. The van der Waals surface area contributed by atoms with Gasteiger partial charge >= 0.3 is 0 Å². The van der Waals surface area contributed by atoms with E-state index in [0.717, 1.165) is 32.5 Å². The summed E-state index contributed by atoms with van der Waals surface area (Å²) in [7, 11) is 0. The van der Waals surface area contributed by atoms with Crippen molar-refractivity contribution in [1.29, 1.82) is 0 Å². The molecule has 0 radical (unpaired) electrons. The van der Waals surface area contributed by atoms with Crippen molar-refractivity contribution in [3.63, 3.8) is 0 Å². The van der Waals surface area contributed by atoms with E-state index in [9.17, 15) is 0 Å². The molecular formula is C10H18O2.